The van der Waals surface area contributed by atoms with E-state index in [0.29, 0.717) is 13.1 Å². The highest BCUT2D eigenvalue weighted by molar-refractivity contribution is 9.10. The summed E-state index contributed by atoms with van der Waals surface area (Å²) in [6.45, 7) is 6.40. The number of nitrogens with zero attached hydrogens (tertiary/aromatic N) is 1. The highest BCUT2D eigenvalue weighted by Crippen LogP contribution is 2.28. The second-order valence-electron chi connectivity index (χ2n) is 4.87. The van der Waals surface area contributed by atoms with Crippen molar-refractivity contribution in [3.05, 3.63) is 40.9 Å². The molecular formula is C15H17BrN2O2. The van der Waals surface area contributed by atoms with Crippen molar-refractivity contribution in [3.63, 3.8) is 0 Å². The predicted octanol–water partition coefficient (Wildman–Crippen LogP) is 2.41. The maximum atomic E-state index is 12.1. The molecule has 5 heteroatoms. The second kappa shape index (κ2) is 6.22. The highest BCUT2D eigenvalue weighted by atomic mass is 79.9. The molecule has 1 aromatic rings. The van der Waals surface area contributed by atoms with Crippen LogP contribution in [0.1, 0.15) is 12.0 Å². The van der Waals surface area contributed by atoms with Crippen LogP contribution in [0, 0.1) is 12.8 Å². The first-order valence-electron chi connectivity index (χ1n) is 6.48. The van der Waals surface area contributed by atoms with E-state index in [-0.39, 0.29) is 24.2 Å². The first-order valence-corrected chi connectivity index (χ1v) is 7.27. The lowest BCUT2D eigenvalue weighted by molar-refractivity contribution is -0.126. The largest absolute Gasteiger partial charge is 0.352 e. The molecule has 1 heterocycles. The van der Waals surface area contributed by atoms with Crippen LogP contribution in [0.5, 0.6) is 0 Å². The van der Waals surface area contributed by atoms with Gasteiger partial charge >= 0.3 is 0 Å². The number of anilines is 1. The molecule has 20 heavy (non-hydrogen) atoms. The van der Waals surface area contributed by atoms with Crippen molar-refractivity contribution in [1.82, 2.24) is 5.32 Å². The van der Waals surface area contributed by atoms with Gasteiger partial charge in [-0.05, 0) is 30.7 Å². The number of carbonyl (C=O) groups excluding carboxylic acids is 2. The Hall–Kier alpha value is -1.62. The fourth-order valence-electron chi connectivity index (χ4n) is 2.25. The Morgan fingerprint density at radius 3 is 3.00 bits per heavy atom. The number of hydrogen-bond donors (Lipinski definition) is 1. The highest BCUT2D eigenvalue weighted by Gasteiger charge is 2.34. The molecule has 1 aromatic carbocycles. The molecular weight excluding hydrogens is 320 g/mol. The lowest BCUT2D eigenvalue weighted by atomic mass is 10.1. The van der Waals surface area contributed by atoms with E-state index in [9.17, 15) is 9.59 Å². The number of hydrogen-bond acceptors (Lipinski definition) is 2. The number of amides is 2. The van der Waals surface area contributed by atoms with Crippen molar-refractivity contribution in [2.75, 3.05) is 18.0 Å². The van der Waals surface area contributed by atoms with E-state index in [1.165, 1.54) is 0 Å². The zero-order valence-corrected chi connectivity index (χ0v) is 12.9. The third kappa shape index (κ3) is 3.10. The van der Waals surface area contributed by atoms with Gasteiger partial charge in [0, 0.05) is 29.7 Å². The Morgan fingerprint density at radius 2 is 2.35 bits per heavy atom. The van der Waals surface area contributed by atoms with Crippen molar-refractivity contribution >= 4 is 33.4 Å². The molecule has 1 fully saturated rings. The van der Waals surface area contributed by atoms with E-state index >= 15 is 0 Å². The quantitative estimate of drug-likeness (QED) is 0.858. The van der Waals surface area contributed by atoms with E-state index in [2.05, 4.69) is 27.8 Å². The Balaban J connectivity index is 2.10. The van der Waals surface area contributed by atoms with Gasteiger partial charge in [0.2, 0.25) is 11.8 Å². The summed E-state index contributed by atoms with van der Waals surface area (Å²) in [5.74, 6) is -0.383. The van der Waals surface area contributed by atoms with Crippen LogP contribution in [0.3, 0.4) is 0 Å². The van der Waals surface area contributed by atoms with E-state index in [1.54, 1.807) is 11.0 Å². The monoisotopic (exact) mass is 336 g/mol. The van der Waals surface area contributed by atoms with Gasteiger partial charge in [0.25, 0.3) is 0 Å². The molecule has 1 aliphatic heterocycles. The van der Waals surface area contributed by atoms with E-state index in [1.807, 2.05) is 25.1 Å². The number of halogens is 1. The van der Waals surface area contributed by atoms with Gasteiger partial charge in [-0.3, -0.25) is 9.59 Å². The fraction of sp³-hybridized carbons (Fsp3) is 0.333. The van der Waals surface area contributed by atoms with Crippen molar-refractivity contribution < 1.29 is 9.59 Å². The van der Waals surface area contributed by atoms with Crippen LogP contribution in [0.2, 0.25) is 0 Å². The summed E-state index contributed by atoms with van der Waals surface area (Å²) in [5, 5.41) is 2.74. The number of aryl methyl sites for hydroxylation is 1. The molecule has 0 bridgehead atoms. The van der Waals surface area contributed by atoms with Crippen LogP contribution in [0.25, 0.3) is 0 Å². The molecule has 1 atom stereocenters. The average molecular weight is 337 g/mol. The Morgan fingerprint density at radius 1 is 1.60 bits per heavy atom. The first-order chi connectivity index (χ1) is 9.52. The van der Waals surface area contributed by atoms with Gasteiger partial charge in [0.05, 0.1) is 5.92 Å². The van der Waals surface area contributed by atoms with E-state index in [0.717, 1.165) is 15.7 Å². The van der Waals surface area contributed by atoms with E-state index in [4.69, 9.17) is 0 Å². The third-order valence-corrected chi connectivity index (χ3v) is 4.26. The number of benzene rings is 1. The Kier molecular flexibility index (Phi) is 4.60. The zero-order valence-electron chi connectivity index (χ0n) is 11.4. The summed E-state index contributed by atoms with van der Waals surface area (Å²) in [6, 6.07) is 5.76. The minimum atomic E-state index is -0.286. The SMILES string of the molecule is C=CCNC(=O)C1CC(=O)N(c2ccc(Br)c(C)c2)C1. The number of carbonyl (C=O) groups is 2. The third-order valence-electron chi connectivity index (χ3n) is 3.37. The van der Waals surface area contributed by atoms with Gasteiger partial charge in [-0.25, -0.2) is 0 Å². The van der Waals surface area contributed by atoms with Crippen LogP contribution < -0.4 is 10.2 Å². The lowest BCUT2D eigenvalue weighted by Gasteiger charge is -2.17. The number of nitrogens with one attached hydrogen (secondary N) is 1. The summed E-state index contributed by atoms with van der Waals surface area (Å²) in [4.78, 5) is 25.7. The van der Waals surface area contributed by atoms with Crippen LogP contribution in [0.4, 0.5) is 5.69 Å². The van der Waals surface area contributed by atoms with Crippen LogP contribution in [-0.2, 0) is 9.59 Å². The van der Waals surface area contributed by atoms with E-state index < -0.39 is 0 Å². The zero-order chi connectivity index (χ0) is 14.7. The molecule has 0 saturated carbocycles. The number of rotatable bonds is 4. The van der Waals surface area contributed by atoms with Crippen molar-refractivity contribution in [2.45, 2.75) is 13.3 Å². The summed E-state index contributed by atoms with van der Waals surface area (Å²) < 4.78 is 1.01. The van der Waals surface area contributed by atoms with Gasteiger partial charge in [-0.2, -0.15) is 0 Å². The van der Waals surface area contributed by atoms with Crippen LogP contribution in [-0.4, -0.2) is 24.9 Å². The molecule has 0 spiro atoms. The summed E-state index contributed by atoms with van der Waals surface area (Å²) in [7, 11) is 0. The molecule has 0 aromatic heterocycles. The molecule has 1 unspecified atom stereocenters. The molecule has 2 rings (SSSR count). The average Bonchev–Trinajstić information content (AvgIpc) is 2.81. The van der Waals surface area contributed by atoms with Gasteiger partial charge < -0.3 is 10.2 Å². The lowest BCUT2D eigenvalue weighted by Crippen LogP contribution is -2.33. The minimum Gasteiger partial charge on any atom is -0.352 e. The Bertz CT molecular complexity index is 557. The predicted molar refractivity (Wildman–Crippen MR) is 82.5 cm³/mol. The smallest absolute Gasteiger partial charge is 0.227 e. The normalized spacial score (nSPS) is 18.2. The first kappa shape index (κ1) is 14.8. The van der Waals surface area contributed by atoms with Crippen molar-refractivity contribution in [2.24, 2.45) is 5.92 Å². The van der Waals surface area contributed by atoms with Crippen LogP contribution >= 0.6 is 15.9 Å². The second-order valence-corrected chi connectivity index (χ2v) is 5.73. The topological polar surface area (TPSA) is 49.4 Å². The van der Waals surface area contributed by atoms with Gasteiger partial charge in [-0.1, -0.05) is 22.0 Å². The maximum absolute atomic E-state index is 12.1. The summed E-state index contributed by atoms with van der Waals surface area (Å²) in [6.07, 6.45) is 1.89. The molecule has 1 aliphatic rings. The Labute approximate surface area is 127 Å². The fourth-order valence-corrected chi connectivity index (χ4v) is 2.49. The molecule has 1 saturated heterocycles. The molecule has 2 amide bonds. The van der Waals surface area contributed by atoms with Gasteiger partial charge in [0.15, 0.2) is 0 Å². The summed E-state index contributed by atoms with van der Waals surface area (Å²) >= 11 is 3.44. The van der Waals surface area contributed by atoms with Crippen LogP contribution in [0.15, 0.2) is 35.3 Å². The van der Waals surface area contributed by atoms with Crippen molar-refractivity contribution in [3.8, 4) is 0 Å². The van der Waals surface area contributed by atoms with Gasteiger partial charge in [0.1, 0.15) is 0 Å². The molecule has 106 valence electrons. The standard InChI is InChI=1S/C15H17BrN2O2/c1-3-6-17-15(20)11-8-14(19)18(9-11)12-4-5-13(16)10(2)7-12/h3-5,7,11H,1,6,8-9H2,2H3,(H,17,20). The maximum Gasteiger partial charge on any atom is 0.227 e. The molecule has 4 nitrogen and oxygen atoms in total. The van der Waals surface area contributed by atoms with Crippen molar-refractivity contribution in [1.29, 1.82) is 0 Å². The molecule has 0 aliphatic carbocycles. The minimum absolute atomic E-state index is 0.00882. The van der Waals surface area contributed by atoms with Gasteiger partial charge in [-0.15, -0.1) is 6.58 Å². The molecule has 1 N–H and O–H groups in total. The summed E-state index contributed by atoms with van der Waals surface area (Å²) in [5.41, 5.74) is 1.91. The molecule has 0 radical (unpaired) electrons.